The molecule has 1 aromatic carbocycles. The van der Waals surface area contributed by atoms with Crippen LogP contribution in [-0.4, -0.2) is 35.5 Å². The first-order chi connectivity index (χ1) is 12.0. The van der Waals surface area contributed by atoms with Gasteiger partial charge in [0.1, 0.15) is 0 Å². The van der Waals surface area contributed by atoms with Gasteiger partial charge in [0.15, 0.2) is 0 Å². The van der Waals surface area contributed by atoms with Gasteiger partial charge in [-0.15, -0.1) is 0 Å². The zero-order valence-corrected chi connectivity index (χ0v) is 14.8. The molecule has 0 unspecified atom stereocenters. The number of ether oxygens (including phenoxy) is 1. The van der Waals surface area contributed by atoms with Crippen molar-refractivity contribution in [2.24, 2.45) is 0 Å². The van der Waals surface area contributed by atoms with Crippen LogP contribution in [0.15, 0.2) is 30.6 Å². The predicted octanol–water partition coefficient (Wildman–Crippen LogP) is 3.42. The molecule has 1 N–H and O–H groups in total. The molecule has 3 rings (SSSR count). The molecule has 7 heteroatoms. The molecular formula is C18H18ClN3O3. The third-order valence-corrected chi connectivity index (χ3v) is 4.50. The molecule has 0 atom stereocenters. The Morgan fingerprint density at radius 1 is 1.32 bits per heavy atom. The standard InChI is InChI=1S/C18H18ClN3O3/c1-11-3-4-13(19)7-16(11)21-17(23)15-9-20-8-12-10-22(18(24)25-2)6-5-14(12)15/h3-4,7-9H,5-6,10H2,1-2H3,(H,21,23). The third kappa shape index (κ3) is 3.58. The molecule has 0 aliphatic carbocycles. The summed E-state index contributed by atoms with van der Waals surface area (Å²) in [5.74, 6) is -0.235. The summed E-state index contributed by atoms with van der Waals surface area (Å²) in [4.78, 5) is 30.2. The van der Waals surface area contributed by atoms with Gasteiger partial charge in [-0.05, 0) is 42.2 Å². The Balaban J connectivity index is 1.85. The van der Waals surface area contributed by atoms with Crippen molar-refractivity contribution in [3.05, 3.63) is 57.9 Å². The summed E-state index contributed by atoms with van der Waals surface area (Å²) in [5, 5.41) is 3.45. The number of nitrogens with zero attached hydrogens (tertiary/aromatic N) is 2. The highest BCUT2D eigenvalue weighted by Crippen LogP contribution is 2.25. The lowest BCUT2D eigenvalue weighted by Gasteiger charge is -2.28. The van der Waals surface area contributed by atoms with Gasteiger partial charge in [0, 0.05) is 29.6 Å². The van der Waals surface area contributed by atoms with Crippen molar-refractivity contribution in [2.75, 3.05) is 19.0 Å². The van der Waals surface area contributed by atoms with Gasteiger partial charge in [-0.3, -0.25) is 9.78 Å². The Bertz CT molecular complexity index is 838. The number of carbonyl (C=O) groups is 2. The lowest BCUT2D eigenvalue weighted by Crippen LogP contribution is -2.36. The smallest absolute Gasteiger partial charge is 0.409 e. The number of pyridine rings is 1. The number of benzene rings is 1. The van der Waals surface area contributed by atoms with Gasteiger partial charge in [0.05, 0.1) is 19.2 Å². The van der Waals surface area contributed by atoms with Crippen molar-refractivity contribution in [1.82, 2.24) is 9.88 Å². The zero-order valence-electron chi connectivity index (χ0n) is 14.0. The van der Waals surface area contributed by atoms with Crippen LogP contribution < -0.4 is 5.32 Å². The van der Waals surface area contributed by atoms with Crippen molar-refractivity contribution in [2.45, 2.75) is 19.9 Å². The Labute approximate surface area is 150 Å². The van der Waals surface area contributed by atoms with Crippen LogP contribution in [0.4, 0.5) is 10.5 Å². The number of aromatic nitrogens is 1. The Kier molecular flexibility index (Phi) is 4.90. The molecule has 0 bridgehead atoms. The van der Waals surface area contributed by atoms with E-state index in [1.54, 1.807) is 29.4 Å². The van der Waals surface area contributed by atoms with Crippen LogP contribution in [-0.2, 0) is 17.7 Å². The van der Waals surface area contributed by atoms with E-state index in [9.17, 15) is 9.59 Å². The van der Waals surface area contributed by atoms with Crippen molar-refractivity contribution in [3.8, 4) is 0 Å². The minimum atomic E-state index is -0.380. The number of aryl methyl sites for hydroxylation is 1. The molecule has 130 valence electrons. The van der Waals surface area contributed by atoms with E-state index >= 15 is 0 Å². The molecule has 1 aromatic heterocycles. The average molecular weight is 360 g/mol. The average Bonchev–Trinajstić information content (AvgIpc) is 2.63. The van der Waals surface area contributed by atoms with Crippen LogP contribution in [0.2, 0.25) is 5.02 Å². The minimum absolute atomic E-state index is 0.235. The van der Waals surface area contributed by atoms with Gasteiger partial charge in [-0.25, -0.2) is 4.79 Å². The molecule has 6 nitrogen and oxygen atoms in total. The lowest BCUT2D eigenvalue weighted by molar-refractivity contribution is 0.102. The molecule has 2 aromatic rings. The Morgan fingerprint density at radius 3 is 2.88 bits per heavy atom. The first-order valence-corrected chi connectivity index (χ1v) is 8.23. The largest absolute Gasteiger partial charge is 0.453 e. The van der Waals surface area contributed by atoms with Crippen LogP contribution in [0, 0.1) is 6.92 Å². The van der Waals surface area contributed by atoms with Gasteiger partial charge >= 0.3 is 6.09 Å². The van der Waals surface area contributed by atoms with Gasteiger partial charge in [0.25, 0.3) is 5.91 Å². The molecule has 2 heterocycles. The Hall–Kier alpha value is -2.60. The van der Waals surface area contributed by atoms with E-state index in [0.717, 1.165) is 16.7 Å². The van der Waals surface area contributed by atoms with Gasteiger partial charge < -0.3 is 15.0 Å². The van der Waals surface area contributed by atoms with Crippen LogP contribution >= 0.6 is 11.6 Å². The highest BCUT2D eigenvalue weighted by Gasteiger charge is 2.25. The fourth-order valence-electron chi connectivity index (χ4n) is 2.89. The summed E-state index contributed by atoms with van der Waals surface area (Å²) in [6, 6.07) is 5.35. The molecule has 25 heavy (non-hydrogen) atoms. The summed E-state index contributed by atoms with van der Waals surface area (Å²) in [5.41, 5.74) is 3.87. The molecule has 0 spiro atoms. The van der Waals surface area contributed by atoms with E-state index < -0.39 is 0 Å². The molecule has 1 aliphatic heterocycles. The molecule has 0 saturated heterocycles. The lowest BCUT2D eigenvalue weighted by atomic mass is 9.97. The van der Waals surface area contributed by atoms with Crippen molar-refractivity contribution in [3.63, 3.8) is 0 Å². The first kappa shape index (κ1) is 17.2. The maximum atomic E-state index is 12.7. The summed E-state index contributed by atoms with van der Waals surface area (Å²) >= 11 is 6.01. The second-order valence-electron chi connectivity index (χ2n) is 5.88. The Morgan fingerprint density at radius 2 is 2.12 bits per heavy atom. The fourth-order valence-corrected chi connectivity index (χ4v) is 3.06. The maximum Gasteiger partial charge on any atom is 0.409 e. The van der Waals surface area contributed by atoms with E-state index in [-0.39, 0.29) is 12.0 Å². The highest BCUT2D eigenvalue weighted by molar-refractivity contribution is 6.31. The number of nitrogens with one attached hydrogen (secondary N) is 1. The minimum Gasteiger partial charge on any atom is -0.453 e. The SMILES string of the molecule is COC(=O)N1CCc2c(cncc2C(=O)Nc2cc(Cl)ccc2C)C1. The van der Waals surface area contributed by atoms with E-state index in [1.807, 2.05) is 13.0 Å². The van der Waals surface area contributed by atoms with E-state index in [1.165, 1.54) is 7.11 Å². The summed E-state index contributed by atoms with van der Waals surface area (Å²) in [7, 11) is 1.35. The highest BCUT2D eigenvalue weighted by atomic mass is 35.5. The summed E-state index contributed by atoms with van der Waals surface area (Å²) in [6.45, 7) is 2.78. The number of anilines is 1. The molecule has 0 radical (unpaired) electrons. The number of hydrogen-bond donors (Lipinski definition) is 1. The second kappa shape index (κ2) is 7.11. The molecule has 0 saturated carbocycles. The number of rotatable bonds is 2. The zero-order chi connectivity index (χ0) is 18.0. The quantitative estimate of drug-likeness (QED) is 0.891. The first-order valence-electron chi connectivity index (χ1n) is 7.85. The van der Waals surface area contributed by atoms with Crippen molar-refractivity contribution < 1.29 is 14.3 Å². The molecule has 1 aliphatic rings. The number of fused-ring (bicyclic) bond motifs is 1. The van der Waals surface area contributed by atoms with Crippen LogP contribution in [0.5, 0.6) is 0 Å². The van der Waals surface area contributed by atoms with Crippen LogP contribution in [0.25, 0.3) is 0 Å². The summed E-state index contributed by atoms with van der Waals surface area (Å²) in [6.07, 6.45) is 3.44. The molecular weight excluding hydrogens is 342 g/mol. The monoisotopic (exact) mass is 359 g/mol. The number of carbonyl (C=O) groups excluding carboxylic acids is 2. The normalized spacial score (nSPS) is 13.2. The van der Waals surface area contributed by atoms with Crippen molar-refractivity contribution in [1.29, 1.82) is 0 Å². The van der Waals surface area contributed by atoms with E-state index in [4.69, 9.17) is 16.3 Å². The van der Waals surface area contributed by atoms with Crippen LogP contribution in [0.1, 0.15) is 27.0 Å². The molecule has 2 amide bonds. The van der Waals surface area contributed by atoms with E-state index in [2.05, 4.69) is 10.3 Å². The van der Waals surface area contributed by atoms with Crippen LogP contribution in [0.3, 0.4) is 0 Å². The fraction of sp³-hybridized carbons (Fsp3) is 0.278. The topological polar surface area (TPSA) is 71.5 Å². The van der Waals surface area contributed by atoms with E-state index in [0.29, 0.717) is 35.8 Å². The predicted molar refractivity (Wildman–Crippen MR) is 94.9 cm³/mol. The number of hydrogen-bond acceptors (Lipinski definition) is 4. The van der Waals surface area contributed by atoms with Crippen molar-refractivity contribution >= 4 is 29.3 Å². The van der Waals surface area contributed by atoms with Gasteiger partial charge in [-0.1, -0.05) is 17.7 Å². The number of amides is 2. The molecule has 0 fully saturated rings. The number of methoxy groups -OCH3 is 1. The maximum absolute atomic E-state index is 12.7. The summed E-state index contributed by atoms with van der Waals surface area (Å²) < 4.78 is 4.76. The van der Waals surface area contributed by atoms with Gasteiger partial charge in [-0.2, -0.15) is 0 Å². The number of halogens is 1. The second-order valence-corrected chi connectivity index (χ2v) is 6.32. The third-order valence-electron chi connectivity index (χ3n) is 4.26. The van der Waals surface area contributed by atoms with Gasteiger partial charge in [0.2, 0.25) is 0 Å².